The van der Waals surface area contributed by atoms with Crippen molar-refractivity contribution in [2.75, 3.05) is 32.6 Å². The molecular formula is C19H26Cl2N4O2. The Balaban J connectivity index is 0.00000182. The predicted octanol–water partition coefficient (Wildman–Crippen LogP) is 3.50. The van der Waals surface area contributed by atoms with Gasteiger partial charge in [-0.1, -0.05) is 12.1 Å². The number of carbonyl (C=O) groups excluding carboxylic acids is 1. The summed E-state index contributed by atoms with van der Waals surface area (Å²) in [6.07, 6.45) is 3.79. The minimum Gasteiger partial charge on any atom is -0.495 e. The molecule has 2 aromatic rings. The van der Waals surface area contributed by atoms with Crippen molar-refractivity contribution < 1.29 is 9.53 Å². The summed E-state index contributed by atoms with van der Waals surface area (Å²) in [5.41, 5.74) is 1.36. The zero-order valence-corrected chi connectivity index (χ0v) is 17.1. The number of methoxy groups -OCH3 is 1. The third-order valence-corrected chi connectivity index (χ3v) is 4.52. The molecule has 1 aromatic heterocycles. The second kappa shape index (κ2) is 11.0. The molecule has 1 fully saturated rings. The summed E-state index contributed by atoms with van der Waals surface area (Å²) in [6.45, 7) is 1.50. The fourth-order valence-electron chi connectivity index (χ4n) is 3.12. The quantitative estimate of drug-likeness (QED) is 0.786. The Morgan fingerprint density at radius 1 is 1.22 bits per heavy atom. The first-order valence-corrected chi connectivity index (χ1v) is 8.54. The number of ether oxygens (including phenoxy) is 1. The number of benzene rings is 1. The van der Waals surface area contributed by atoms with E-state index in [1.54, 1.807) is 19.4 Å². The lowest BCUT2D eigenvalue weighted by Crippen LogP contribution is -2.47. The molecule has 6 nitrogen and oxygen atoms in total. The topological polar surface area (TPSA) is 66.5 Å². The van der Waals surface area contributed by atoms with Crippen LogP contribution >= 0.6 is 24.8 Å². The first kappa shape index (κ1) is 23.0. The van der Waals surface area contributed by atoms with Gasteiger partial charge in [0.2, 0.25) is 0 Å². The molecule has 0 spiro atoms. The van der Waals surface area contributed by atoms with Gasteiger partial charge in [0.15, 0.2) is 0 Å². The average Bonchev–Trinajstić information content (AvgIpc) is 2.68. The van der Waals surface area contributed by atoms with Crippen LogP contribution in [0.1, 0.15) is 23.2 Å². The molecule has 0 saturated carbocycles. The van der Waals surface area contributed by atoms with Gasteiger partial charge in [0, 0.05) is 25.3 Å². The van der Waals surface area contributed by atoms with E-state index in [0.717, 1.165) is 31.6 Å². The standard InChI is InChI=1S/C19H24N4O2.2ClH/c1-20-14-7-6-12-23(13-14)19(24)15-8-5-11-21-18(15)22-16-9-3-4-10-17(16)25-2;;/h3-5,8-11,14,20H,6-7,12-13H2,1-2H3,(H,21,22);2*1H. The molecule has 1 atom stereocenters. The molecule has 8 heteroatoms. The van der Waals surface area contributed by atoms with E-state index < -0.39 is 0 Å². The molecule has 148 valence electrons. The Morgan fingerprint density at radius 2 is 2.00 bits per heavy atom. The lowest BCUT2D eigenvalue weighted by molar-refractivity contribution is 0.0699. The maximum absolute atomic E-state index is 13.0. The predicted molar refractivity (Wildman–Crippen MR) is 113 cm³/mol. The highest BCUT2D eigenvalue weighted by Gasteiger charge is 2.25. The van der Waals surface area contributed by atoms with Crippen molar-refractivity contribution in [2.24, 2.45) is 0 Å². The third kappa shape index (κ3) is 5.48. The third-order valence-electron chi connectivity index (χ3n) is 4.52. The van der Waals surface area contributed by atoms with Crippen LogP contribution in [-0.2, 0) is 0 Å². The molecule has 1 saturated heterocycles. The van der Waals surface area contributed by atoms with Crippen LogP contribution in [0.2, 0.25) is 0 Å². The number of anilines is 2. The van der Waals surface area contributed by atoms with Gasteiger partial charge < -0.3 is 20.3 Å². The van der Waals surface area contributed by atoms with Crippen molar-refractivity contribution in [1.82, 2.24) is 15.2 Å². The molecule has 3 rings (SSSR count). The molecule has 0 bridgehead atoms. The summed E-state index contributed by atoms with van der Waals surface area (Å²) in [5.74, 6) is 1.26. The summed E-state index contributed by atoms with van der Waals surface area (Å²) in [6, 6.07) is 11.5. The van der Waals surface area contributed by atoms with E-state index in [0.29, 0.717) is 23.2 Å². The number of hydrogen-bond acceptors (Lipinski definition) is 5. The normalized spacial score (nSPS) is 15.9. The Hall–Kier alpha value is -2.02. The highest BCUT2D eigenvalue weighted by molar-refractivity contribution is 5.99. The summed E-state index contributed by atoms with van der Waals surface area (Å²) in [4.78, 5) is 19.3. The van der Waals surface area contributed by atoms with Crippen LogP contribution in [-0.4, -0.2) is 49.1 Å². The first-order chi connectivity index (χ1) is 12.2. The highest BCUT2D eigenvalue weighted by Crippen LogP contribution is 2.28. The van der Waals surface area contributed by atoms with Crippen molar-refractivity contribution >= 4 is 42.2 Å². The molecule has 1 aromatic carbocycles. The van der Waals surface area contributed by atoms with Gasteiger partial charge in [-0.05, 0) is 44.2 Å². The van der Waals surface area contributed by atoms with Crippen molar-refractivity contribution in [3.8, 4) is 5.75 Å². The average molecular weight is 413 g/mol. The first-order valence-electron chi connectivity index (χ1n) is 8.54. The number of nitrogens with zero attached hydrogens (tertiary/aromatic N) is 2. The maximum atomic E-state index is 13.0. The fraction of sp³-hybridized carbons (Fsp3) is 0.368. The monoisotopic (exact) mass is 412 g/mol. The summed E-state index contributed by atoms with van der Waals surface area (Å²) in [5, 5.41) is 6.51. The minimum atomic E-state index is 0. The number of hydrogen-bond donors (Lipinski definition) is 2. The number of likely N-dealkylation sites (tertiary alicyclic amines) is 1. The summed E-state index contributed by atoms with van der Waals surface area (Å²) in [7, 11) is 3.56. The number of halogens is 2. The number of pyridine rings is 1. The highest BCUT2D eigenvalue weighted by atomic mass is 35.5. The van der Waals surface area contributed by atoms with E-state index >= 15 is 0 Å². The van der Waals surface area contributed by atoms with E-state index in [-0.39, 0.29) is 30.7 Å². The summed E-state index contributed by atoms with van der Waals surface area (Å²) >= 11 is 0. The van der Waals surface area contributed by atoms with Crippen molar-refractivity contribution in [3.05, 3.63) is 48.2 Å². The second-order valence-corrected chi connectivity index (χ2v) is 6.10. The van der Waals surface area contributed by atoms with E-state index in [1.807, 2.05) is 42.3 Å². The van der Waals surface area contributed by atoms with E-state index in [4.69, 9.17) is 4.74 Å². The van der Waals surface area contributed by atoms with E-state index in [1.165, 1.54) is 0 Å². The van der Waals surface area contributed by atoms with Crippen molar-refractivity contribution in [1.29, 1.82) is 0 Å². The molecule has 0 aliphatic carbocycles. The lowest BCUT2D eigenvalue weighted by Gasteiger charge is -2.33. The maximum Gasteiger partial charge on any atom is 0.257 e. The van der Waals surface area contributed by atoms with Gasteiger partial charge in [0.25, 0.3) is 5.91 Å². The number of piperidine rings is 1. The number of carbonyl (C=O) groups is 1. The molecule has 27 heavy (non-hydrogen) atoms. The van der Waals surface area contributed by atoms with Crippen LogP contribution in [0.15, 0.2) is 42.6 Å². The summed E-state index contributed by atoms with van der Waals surface area (Å²) < 4.78 is 5.37. The molecule has 1 unspecified atom stereocenters. The Kier molecular flexibility index (Phi) is 9.35. The van der Waals surface area contributed by atoms with Crippen molar-refractivity contribution in [3.63, 3.8) is 0 Å². The number of para-hydroxylation sites is 2. The zero-order chi connectivity index (χ0) is 17.6. The van der Waals surface area contributed by atoms with Gasteiger partial charge in [-0.2, -0.15) is 0 Å². The molecular weight excluding hydrogens is 387 g/mol. The van der Waals surface area contributed by atoms with Gasteiger partial charge in [-0.15, -0.1) is 24.8 Å². The van der Waals surface area contributed by atoms with E-state index in [9.17, 15) is 4.79 Å². The van der Waals surface area contributed by atoms with E-state index in [2.05, 4.69) is 15.6 Å². The van der Waals surface area contributed by atoms with Gasteiger partial charge >= 0.3 is 0 Å². The number of nitrogens with one attached hydrogen (secondary N) is 2. The Labute approximate surface area is 172 Å². The molecule has 2 N–H and O–H groups in total. The molecule has 0 radical (unpaired) electrons. The Bertz CT molecular complexity index is 745. The number of rotatable bonds is 5. The molecule has 1 aliphatic rings. The molecule has 1 aliphatic heterocycles. The minimum absolute atomic E-state index is 0. The van der Waals surface area contributed by atoms with Crippen LogP contribution in [0.3, 0.4) is 0 Å². The smallest absolute Gasteiger partial charge is 0.257 e. The van der Waals surface area contributed by atoms with Crippen LogP contribution in [0.5, 0.6) is 5.75 Å². The molecule has 1 amide bonds. The van der Waals surface area contributed by atoms with Crippen LogP contribution in [0.4, 0.5) is 11.5 Å². The zero-order valence-electron chi connectivity index (χ0n) is 15.5. The number of amides is 1. The van der Waals surface area contributed by atoms with Crippen LogP contribution < -0.4 is 15.4 Å². The number of aromatic nitrogens is 1. The van der Waals surface area contributed by atoms with Crippen LogP contribution in [0.25, 0.3) is 0 Å². The van der Waals surface area contributed by atoms with Gasteiger partial charge in [0.05, 0.1) is 18.4 Å². The SMILES string of the molecule is CNC1CCCN(C(=O)c2cccnc2Nc2ccccc2OC)C1.Cl.Cl. The van der Waals surface area contributed by atoms with Gasteiger partial charge in [0.1, 0.15) is 11.6 Å². The van der Waals surface area contributed by atoms with Gasteiger partial charge in [-0.25, -0.2) is 4.98 Å². The lowest BCUT2D eigenvalue weighted by atomic mass is 10.0. The number of likely N-dealkylation sites (N-methyl/N-ethyl adjacent to an activating group) is 1. The largest absolute Gasteiger partial charge is 0.495 e. The van der Waals surface area contributed by atoms with Gasteiger partial charge in [-0.3, -0.25) is 4.79 Å². The Morgan fingerprint density at radius 3 is 2.74 bits per heavy atom. The van der Waals surface area contributed by atoms with Crippen molar-refractivity contribution in [2.45, 2.75) is 18.9 Å². The second-order valence-electron chi connectivity index (χ2n) is 6.10. The molecule has 2 heterocycles. The fourth-order valence-corrected chi connectivity index (χ4v) is 3.12. The van der Waals surface area contributed by atoms with Crippen LogP contribution in [0, 0.1) is 0 Å².